The van der Waals surface area contributed by atoms with Crippen molar-refractivity contribution in [3.8, 4) is 0 Å². The first-order valence-electron chi connectivity index (χ1n) is 6.64. The minimum atomic E-state index is 0.0799. The second-order valence-electron chi connectivity index (χ2n) is 5.08. The van der Waals surface area contributed by atoms with Crippen LogP contribution in [-0.4, -0.2) is 37.0 Å². The number of amides is 1. The lowest BCUT2D eigenvalue weighted by Gasteiger charge is -2.26. The normalized spacial score (nSPS) is 20.5. The molecule has 1 aliphatic heterocycles. The summed E-state index contributed by atoms with van der Waals surface area (Å²) in [6.45, 7) is 5.77. The van der Waals surface area contributed by atoms with E-state index in [4.69, 9.17) is 4.42 Å². The third-order valence-electron chi connectivity index (χ3n) is 3.68. The maximum Gasteiger partial charge on any atom is 0.257 e. The topological polar surface area (TPSA) is 45.5 Å². The molecule has 1 aromatic rings. The predicted molar refractivity (Wildman–Crippen MR) is 70.8 cm³/mol. The van der Waals surface area contributed by atoms with Crippen molar-refractivity contribution in [2.24, 2.45) is 0 Å². The summed E-state index contributed by atoms with van der Waals surface area (Å²) in [5.74, 6) is 1.60. The van der Waals surface area contributed by atoms with E-state index in [1.165, 1.54) is 0 Å². The van der Waals surface area contributed by atoms with Gasteiger partial charge in [0, 0.05) is 13.1 Å². The molecule has 1 unspecified atom stereocenters. The number of aryl methyl sites for hydroxylation is 2. The molecule has 1 saturated heterocycles. The first-order chi connectivity index (χ1) is 8.59. The first-order valence-corrected chi connectivity index (χ1v) is 6.64. The van der Waals surface area contributed by atoms with Crippen LogP contribution in [0.1, 0.15) is 41.1 Å². The van der Waals surface area contributed by atoms with Gasteiger partial charge in [-0.3, -0.25) is 4.79 Å². The van der Waals surface area contributed by atoms with Gasteiger partial charge in [0.25, 0.3) is 5.91 Å². The molecule has 1 atom stereocenters. The molecule has 0 bridgehead atoms. The summed E-state index contributed by atoms with van der Waals surface area (Å²) in [4.78, 5) is 14.3. The van der Waals surface area contributed by atoms with E-state index in [2.05, 4.69) is 5.32 Å². The molecule has 2 heterocycles. The lowest BCUT2D eigenvalue weighted by atomic mass is 10.1. The van der Waals surface area contributed by atoms with Crippen molar-refractivity contribution in [1.82, 2.24) is 10.2 Å². The van der Waals surface area contributed by atoms with Crippen LogP contribution in [0, 0.1) is 13.8 Å². The van der Waals surface area contributed by atoms with Crippen molar-refractivity contribution in [2.45, 2.75) is 39.2 Å². The molecule has 0 aromatic carbocycles. The zero-order chi connectivity index (χ0) is 13.1. The molecule has 0 aliphatic carbocycles. The van der Waals surface area contributed by atoms with Crippen LogP contribution in [-0.2, 0) is 0 Å². The fourth-order valence-corrected chi connectivity index (χ4v) is 2.59. The Morgan fingerprint density at radius 1 is 1.39 bits per heavy atom. The standard InChI is InChI=1S/C14H22N2O2/c1-10-9-13(11(2)18-10)14(17)16(3)12-5-4-7-15-8-6-12/h9,12,15H,4-8H2,1-3H3. The smallest absolute Gasteiger partial charge is 0.257 e. The SMILES string of the molecule is Cc1cc(C(=O)N(C)C2CCCNCC2)c(C)o1. The highest BCUT2D eigenvalue weighted by molar-refractivity contribution is 5.95. The Bertz CT molecular complexity index is 417. The molecule has 2 rings (SSSR count). The molecule has 1 amide bonds. The van der Waals surface area contributed by atoms with Crippen LogP contribution in [0.15, 0.2) is 10.5 Å². The molecule has 1 N–H and O–H groups in total. The third kappa shape index (κ3) is 2.75. The molecule has 1 aromatic heterocycles. The minimum absolute atomic E-state index is 0.0799. The van der Waals surface area contributed by atoms with Crippen LogP contribution in [0.25, 0.3) is 0 Å². The Labute approximate surface area is 108 Å². The van der Waals surface area contributed by atoms with Crippen molar-refractivity contribution in [3.63, 3.8) is 0 Å². The molecule has 18 heavy (non-hydrogen) atoms. The zero-order valence-electron chi connectivity index (χ0n) is 11.5. The molecule has 4 heteroatoms. The number of carbonyl (C=O) groups is 1. The van der Waals surface area contributed by atoms with Gasteiger partial charge < -0.3 is 14.6 Å². The molecular weight excluding hydrogens is 228 g/mol. The first kappa shape index (κ1) is 13.1. The second kappa shape index (κ2) is 5.57. The second-order valence-corrected chi connectivity index (χ2v) is 5.08. The van der Waals surface area contributed by atoms with E-state index in [0.717, 1.165) is 43.9 Å². The highest BCUT2D eigenvalue weighted by Crippen LogP contribution is 2.19. The van der Waals surface area contributed by atoms with Crippen LogP contribution in [0.3, 0.4) is 0 Å². The van der Waals surface area contributed by atoms with E-state index in [0.29, 0.717) is 11.6 Å². The number of rotatable bonds is 2. The summed E-state index contributed by atoms with van der Waals surface area (Å²) in [7, 11) is 1.90. The number of carbonyl (C=O) groups excluding carboxylic acids is 1. The number of hydrogen-bond acceptors (Lipinski definition) is 3. The minimum Gasteiger partial charge on any atom is -0.466 e. The Hall–Kier alpha value is -1.29. The van der Waals surface area contributed by atoms with E-state index in [-0.39, 0.29) is 5.91 Å². The van der Waals surface area contributed by atoms with Crippen molar-refractivity contribution in [3.05, 3.63) is 23.2 Å². The van der Waals surface area contributed by atoms with Gasteiger partial charge in [-0.15, -0.1) is 0 Å². The molecule has 0 radical (unpaired) electrons. The fraction of sp³-hybridized carbons (Fsp3) is 0.643. The summed E-state index contributed by atoms with van der Waals surface area (Å²) >= 11 is 0. The lowest BCUT2D eigenvalue weighted by molar-refractivity contribution is 0.0718. The Balaban J connectivity index is 2.10. The van der Waals surface area contributed by atoms with E-state index in [1.54, 1.807) is 0 Å². The van der Waals surface area contributed by atoms with E-state index in [1.807, 2.05) is 31.9 Å². The maximum absolute atomic E-state index is 12.4. The third-order valence-corrected chi connectivity index (χ3v) is 3.68. The molecule has 4 nitrogen and oxygen atoms in total. The number of furan rings is 1. The summed E-state index contributed by atoms with van der Waals surface area (Å²) in [6, 6.07) is 2.17. The van der Waals surface area contributed by atoms with Gasteiger partial charge in [-0.25, -0.2) is 0 Å². The average molecular weight is 250 g/mol. The van der Waals surface area contributed by atoms with Crippen molar-refractivity contribution in [2.75, 3.05) is 20.1 Å². The summed E-state index contributed by atoms with van der Waals surface area (Å²) in [5.41, 5.74) is 0.701. The summed E-state index contributed by atoms with van der Waals surface area (Å²) in [5, 5.41) is 3.37. The van der Waals surface area contributed by atoms with Gasteiger partial charge in [0.05, 0.1) is 5.56 Å². The van der Waals surface area contributed by atoms with Gasteiger partial charge in [-0.05, 0) is 52.3 Å². The van der Waals surface area contributed by atoms with Crippen molar-refractivity contribution >= 4 is 5.91 Å². The van der Waals surface area contributed by atoms with Crippen molar-refractivity contribution < 1.29 is 9.21 Å². The van der Waals surface area contributed by atoms with Crippen LogP contribution < -0.4 is 5.32 Å². The van der Waals surface area contributed by atoms with Gasteiger partial charge in [-0.1, -0.05) is 0 Å². The Morgan fingerprint density at radius 3 is 2.83 bits per heavy atom. The van der Waals surface area contributed by atoms with Crippen LogP contribution in [0.2, 0.25) is 0 Å². The Morgan fingerprint density at radius 2 is 2.17 bits per heavy atom. The average Bonchev–Trinajstić information content (AvgIpc) is 2.59. The van der Waals surface area contributed by atoms with Crippen LogP contribution in [0.4, 0.5) is 0 Å². The number of hydrogen-bond donors (Lipinski definition) is 1. The molecule has 0 spiro atoms. The fourth-order valence-electron chi connectivity index (χ4n) is 2.59. The lowest BCUT2D eigenvalue weighted by Crippen LogP contribution is -2.37. The van der Waals surface area contributed by atoms with Crippen LogP contribution >= 0.6 is 0 Å². The quantitative estimate of drug-likeness (QED) is 0.874. The largest absolute Gasteiger partial charge is 0.466 e. The summed E-state index contributed by atoms with van der Waals surface area (Å²) < 4.78 is 5.44. The molecular formula is C14H22N2O2. The molecule has 100 valence electrons. The van der Waals surface area contributed by atoms with Crippen molar-refractivity contribution in [1.29, 1.82) is 0 Å². The predicted octanol–water partition coefficient (Wildman–Crippen LogP) is 2.11. The zero-order valence-corrected chi connectivity index (χ0v) is 11.5. The van der Waals surface area contributed by atoms with E-state index in [9.17, 15) is 4.79 Å². The van der Waals surface area contributed by atoms with Gasteiger partial charge in [-0.2, -0.15) is 0 Å². The highest BCUT2D eigenvalue weighted by atomic mass is 16.3. The monoisotopic (exact) mass is 250 g/mol. The molecule has 0 saturated carbocycles. The van der Waals surface area contributed by atoms with E-state index >= 15 is 0 Å². The van der Waals surface area contributed by atoms with Crippen LogP contribution in [0.5, 0.6) is 0 Å². The van der Waals surface area contributed by atoms with E-state index < -0.39 is 0 Å². The van der Waals surface area contributed by atoms with Gasteiger partial charge in [0.2, 0.25) is 0 Å². The van der Waals surface area contributed by atoms with Gasteiger partial charge >= 0.3 is 0 Å². The molecule has 1 aliphatic rings. The van der Waals surface area contributed by atoms with Gasteiger partial charge in [0.15, 0.2) is 0 Å². The van der Waals surface area contributed by atoms with Gasteiger partial charge in [0.1, 0.15) is 11.5 Å². The Kier molecular flexibility index (Phi) is 4.07. The summed E-state index contributed by atoms with van der Waals surface area (Å²) in [6.07, 6.45) is 3.23. The number of nitrogens with zero attached hydrogens (tertiary/aromatic N) is 1. The number of nitrogens with one attached hydrogen (secondary N) is 1. The molecule has 1 fully saturated rings. The maximum atomic E-state index is 12.4. The highest BCUT2D eigenvalue weighted by Gasteiger charge is 2.24.